The maximum atomic E-state index is 12.4. The Hall–Kier alpha value is -0.950. The summed E-state index contributed by atoms with van der Waals surface area (Å²) >= 11 is 2.94. The summed E-state index contributed by atoms with van der Waals surface area (Å²) in [7, 11) is 2.13. The number of rotatable bonds is 4. The average molecular weight is 398 g/mol. The normalized spacial score (nSPS) is 34.6. The fourth-order valence-corrected chi connectivity index (χ4v) is 4.04. The molecule has 1 aromatic rings. The molecule has 0 aliphatic carbocycles. The Morgan fingerprint density at radius 2 is 1.88 bits per heavy atom. The number of nitrogens with zero attached hydrogens (tertiary/aromatic N) is 1. The molecule has 3 fully saturated rings. The lowest BCUT2D eigenvalue weighted by molar-refractivity contribution is -0.156. The highest BCUT2D eigenvalue weighted by Gasteiger charge is 2.62. The van der Waals surface area contributed by atoms with Gasteiger partial charge in [-0.3, -0.25) is 9.69 Å². The molecule has 6 heteroatoms. The number of alkyl halides is 1. The van der Waals surface area contributed by atoms with Gasteiger partial charge in [-0.15, -0.1) is 0 Å². The van der Waals surface area contributed by atoms with Crippen molar-refractivity contribution < 1.29 is 19.4 Å². The average Bonchev–Trinajstić information content (AvgIpc) is 3.36. The highest BCUT2D eigenvalue weighted by molar-refractivity contribution is 9.08. The molecule has 0 saturated carbocycles. The molecule has 3 heterocycles. The Balaban J connectivity index is 0.000000815. The van der Waals surface area contributed by atoms with Crippen molar-refractivity contribution >= 4 is 21.9 Å². The Morgan fingerprint density at radius 1 is 1.29 bits per heavy atom. The van der Waals surface area contributed by atoms with Gasteiger partial charge in [0.05, 0.1) is 6.61 Å². The van der Waals surface area contributed by atoms with Crippen molar-refractivity contribution in [2.45, 2.75) is 49.2 Å². The molecule has 0 radical (unpaired) electrons. The molecule has 5 nitrogen and oxygen atoms in total. The largest absolute Gasteiger partial charge is 0.462 e. The molecule has 0 amide bonds. The van der Waals surface area contributed by atoms with E-state index in [1.807, 2.05) is 36.2 Å². The maximum absolute atomic E-state index is 12.4. The van der Waals surface area contributed by atoms with Crippen LogP contribution in [0, 0.1) is 0 Å². The summed E-state index contributed by atoms with van der Waals surface area (Å²) in [4.78, 5) is 14.8. The maximum Gasteiger partial charge on any atom is 0.316 e. The smallest absolute Gasteiger partial charge is 0.316 e. The summed E-state index contributed by atoms with van der Waals surface area (Å²) in [5, 5.41) is 9.56. The summed E-state index contributed by atoms with van der Waals surface area (Å²) in [6.45, 7) is -0.226. The summed E-state index contributed by atoms with van der Waals surface area (Å²) in [6.07, 6.45) is 2.26. The van der Waals surface area contributed by atoms with Crippen LogP contribution in [0.3, 0.4) is 0 Å². The van der Waals surface area contributed by atoms with Crippen LogP contribution in [0.5, 0.6) is 0 Å². The third kappa shape index (κ3) is 3.25. The van der Waals surface area contributed by atoms with E-state index in [0.29, 0.717) is 24.3 Å². The molecule has 3 aliphatic rings. The number of hydrogen-bond acceptors (Lipinski definition) is 5. The van der Waals surface area contributed by atoms with Crippen LogP contribution in [0.1, 0.15) is 24.3 Å². The SMILES string of the molecule is CBr.CN1[C@@H]2CC(OC(=O)[C@H](CO)c3ccccc3)C[C@H]1[C@@H]1O[C@@H]12. The molecule has 3 aliphatic heterocycles. The van der Waals surface area contributed by atoms with Gasteiger partial charge in [0.2, 0.25) is 0 Å². The van der Waals surface area contributed by atoms with Gasteiger partial charge in [0.25, 0.3) is 0 Å². The highest BCUT2D eigenvalue weighted by atomic mass is 79.9. The van der Waals surface area contributed by atoms with Crippen molar-refractivity contribution in [3.8, 4) is 0 Å². The molecular weight excluding hydrogens is 374 g/mol. The first-order valence-corrected chi connectivity index (χ1v) is 9.89. The third-order valence-electron chi connectivity index (χ3n) is 5.33. The van der Waals surface area contributed by atoms with Gasteiger partial charge in [-0.2, -0.15) is 0 Å². The molecule has 0 aromatic heterocycles. The van der Waals surface area contributed by atoms with E-state index in [0.717, 1.165) is 18.4 Å². The first-order chi connectivity index (χ1) is 11.7. The Bertz CT molecular complexity index is 551. The number of epoxide rings is 1. The van der Waals surface area contributed by atoms with Crippen LogP contribution in [-0.4, -0.2) is 65.9 Å². The molecule has 3 saturated heterocycles. The van der Waals surface area contributed by atoms with Crippen molar-refractivity contribution in [3.05, 3.63) is 35.9 Å². The Labute approximate surface area is 151 Å². The molecule has 2 bridgehead atoms. The fraction of sp³-hybridized carbons (Fsp3) is 0.611. The van der Waals surface area contributed by atoms with Gasteiger partial charge in [-0.05, 0) is 18.4 Å². The Kier molecular flexibility index (Phi) is 5.59. The van der Waals surface area contributed by atoms with Crippen molar-refractivity contribution in [1.82, 2.24) is 4.90 Å². The van der Waals surface area contributed by atoms with Crippen molar-refractivity contribution in [2.75, 3.05) is 19.5 Å². The zero-order valence-electron chi connectivity index (χ0n) is 14.0. The predicted molar refractivity (Wildman–Crippen MR) is 94.2 cm³/mol. The van der Waals surface area contributed by atoms with Gasteiger partial charge < -0.3 is 14.6 Å². The number of likely N-dealkylation sites (N-methyl/N-ethyl adjacent to an activating group) is 1. The number of aliphatic hydroxyl groups is 1. The molecule has 1 unspecified atom stereocenters. The first kappa shape index (κ1) is 17.9. The molecule has 1 aromatic carbocycles. The summed E-state index contributed by atoms with van der Waals surface area (Å²) in [5.41, 5.74) is 0.803. The second-order valence-corrected chi connectivity index (χ2v) is 6.54. The topological polar surface area (TPSA) is 62.3 Å². The second kappa shape index (κ2) is 7.52. The van der Waals surface area contributed by atoms with Crippen LogP contribution >= 0.6 is 15.9 Å². The summed E-state index contributed by atoms with van der Waals surface area (Å²) in [6, 6.07) is 10.1. The summed E-state index contributed by atoms with van der Waals surface area (Å²) in [5.74, 6) is 0.897. The molecule has 132 valence electrons. The van der Waals surface area contributed by atoms with E-state index >= 15 is 0 Å². The number of carbonyl (C=O) groups is 1. The third-order valence-corrected chi connectivity index (χ3v) is 5.33. The number of ether oxygens (including phenoxy) is 2. The van der Waals surface area contributed by atoms with Gasteiger partial charge >= 0.3 is 5.97 Å². The minimum atomic E-state index is -0.593. The fourth-order valence-electron chi connectivity index (χ4n) is 4.04. The van der Waals surface area contributed by atoms with Crippen LogP contribution in [0.15, 0.2) is 30.3 Å². The van der Waals surface area contributed by atoms with E-state index in [-0.39, 0.29) is 18.7 Å². The molecule has 24 heavy (non-hydrogen) atoms. The zero-order chi connectivity index (χ0) is 17.3. The number of halogens is 1. The monoisotopic (exact) mass is 397 g/mol. The van der Waals surface area contributed by atoms with Gasteiger partial charge in [0.1, 0.15) is 24.2 Å². The van der Waals surface area contributed by atoms with Crippen LogP contribution in [0.25, 0.3) is 0 Å². The quantitative estimate of drug-likeness (QED) is 0.477. The number of esters is 1. The van der Waals surface area contributed by atoms with Gasteiger partial charge in [0, 0.05) is 24.9 Å². The molecule has 1 N–H and O–H groups in total. The lowest BCUT2D eigenvalue weighted by atomic mass is 9.97. The number of morpholine rings is 1. The number of fused-ring (bicyclic) bond motifs is 5. The van der Waals surface area contributed by atoms with Crippen molar-refractivity contribution in [3.63, 3.8) is 0 Å². The highest BCUT2D eigenvalue weighted by Crippen LogP contribution is 2.48. The van der Waals surface area contributed by atoms with E-state index in [9.17, 15) is 9.90 Å². The van der Waals surface area contributed by atoms with Crippen LogP contribution in [0.4, 0.5) is 0 Å². The standard InChI is InChI=1S/C17H21NO4.CH3Br/c1-18-13-7-11(8-14(18)16-15(13)22-16)21-17(20)12(9-19)10-5-3-2-4-6-10;1-2/h2-6,11-16,19H,7-9H2,1H3;1H3/t11?,12-,13-,14+,15-,16+;/m1./s1. The van der Waals surface area contributed by atoms with Crippen molar-refractivity contribution in [1.29, 1.82) is 0 Å². The molecular formula is C18H24BrNO4. The van der Waals surface area contributed by atoms with E-state index in [1.54, 1.807) is 0 Å². The Morgan fingerprint density at radius 3 is 2.42 bits per heavy atom. The van der Waals surface area contributed by atoms with E-state index in [1.165, 1.54) is 0 Å². The van der Waals surface area contributed by atoms with E-state index in [2.05, 4.69) is 27.9 Å². The first-order valence-electron chi connectivity index (χ1n) is 8.30. The lowest BCUT2D eigenvalue weighted by Crippen LogP contribution is -2.48. The van der Waals surface area contributed by atoms with Crippen LogP contribution in [0.2, 0.25) is 0 Å². The zero-order valence-corrected chi connectivity index (χ0v) is 15.6. The van der Waals surface area contributed by atoms with Gasteiger partial charge in [-0.1, -0.05) is 46.3 Å². The van der Waals surface area contributed by atoms with E-state index in [4.69, 9.17) is 9.47 Å². The summed E-state index contributed by atoms with van der Waals surface area (Å²) < 4.78 is 11.4. The number of piperidine rings is 1. The van der Waals surface area contributed by atoms with E-state index < -0.39 is 5.92 Å². The second-order valence-electron chi connectivity index (χ2n) is 6.54. The number of hydrogen-bond donors (Lipinski definition) is 1. The van der Waals surface area contributed by atoms with Crippen LogP contribution in [-0.2, 0) is 14.3 Å². The van der Waals surface area contributed by atoms with Crippen LogP contribution < -0.4 is 0 Å². The molecule has 4 rings (SSSR count). The minimum Gasteiger partial charge on any atom is -0.462 e. The lowest BCUT2D eigenvalue weighted by Gasteiger charge is -2.38. The molecule has 6 atom stereocenters. The number of carbonyl (C=O) groups excluding carboxylic acids is 1. The number of aliphatic hydroxyl groups excluding tert-OH is 1. The van der Waals surface area contributed by atoms with Gasteiger partial charge in [0.15, 0.2) is 0 Å². The minimum absolute atomic E-state index is 0.0622. The molecule has 0 spiro atoms. The predicted octanol–water partition coefficient (Wildman–Crippen LogP) is 1.93. The van der Waals surface area contributed by atoms with Crippen molar-refractivity contribution in [2.24, 2.45) is 0 Å². The van der Waals surface area contributed by atoms with Gasteiger partial charge in [-0.25, -0.2) is 0 Å². The number of benzene rings is 1.